The summed E-state index contributed by atoms with van der Waals surface area (Å²) < 4.78 is 2.02. The molecule has 0 spiro atoms. The molecule has 0 atom stereocenters. The molecule has 70 valence electrons. The predicted molar refractivity (Wildman–Crippen MR) is 56.6 cm³/mol. The Labute approximate surface area is 83.6 Å². The van der Waals surface area contributed by atoms with Crippen LogP contribution in [-0.2, 0) is 6.54 Å². The number of anilines is 1. The molecule has 0 saturated heterocycles. The normalized spacial score (nSPS) is 10.0. The molecule has 2 rings (SSSR count). The van der Waals surface area contributed by atoms with E-state index < -0.39 is 0 Å². The molecule has 2 nitrogen and oxygen atoms in total. The van der Waals surface area contributed by atoms with Gasteiger partial charge in [0, 0.05) is 6.07 Å². The Bertz CT molecular complexity index is 410. The highest BCUT2D eigenvalue weighted by Gasteiger charge is 2.02. The maximum absolute atomic E-state index is 5.83. The summed E-state index contributed by atoms with van der Waals surface area (Å²) in [5.41, 5.74) is 7.09. The average Bonchev–Trinajstić information content (AvgIpc) is 2.23. The van der Waals surface area contributed by atoms with Crippen molar-refractivity contribution in [2.45, 2.75) is 6.54 Å². The first-order chi connectivity index (χ1) is 6.86. The van der Waals surface area contributed by atoms with E-state index in [2.05, 4.69) is 12.1 Å². The van der Waals surface area contributed by atoms with Crippen LogP contribution in [0.3, 0.4) is 0 Å². The summed E-state index contributed by atoms with van der Waals surface area (Å²) in [5, 5.41) is 0. The molecule has 0 unspecified atom stereocenters. The minimum absolute atomic E-state index is 0.788. The van der Waals surface area contributed by atoms with Crippen LogP contribution in [0.4, 0.5) is 5.82 Å². The van der Waals surface area contributed by atoms with Crippen molar-refractivity contribution in [1.29, 1.82) is 0 Å². The van der Waals surface area contributed by atoms with Crippen molar-refractivity contribution >= 4 is 5.82 Å². The van der Waals surface area contributed by atoms with E-state index in [1.54, 1.807) is 0 Å². The second-order valence-corrected chi connectivity index (χ2v) is 3.24. The number of aromatic nitrogens is 1. The van der Waals surface area contributed by atoms with Gasteiger partial charge in [0.05, 0.1) is 6.20 Å². The Hall–Kier alpha value is -1.83. The van der Waals surface area contributed by atoms with E-state index in [1.807, 2.05) is 47.2 Å². The van der Waals surface area contributed by atoms with E-state index in [1.165, 1.54) is 5.56 Å². The quantitative estimate of drug-likeness (QED) is 0.708. The van der Waals surface area contributed by atoms with Crippen LogP contribution in [-0.4, -0.2) is 0 Å². The molecule has 0 bridgehead atoms. The van der Waals surface area contributed by atoms with Gasteiger partial charge in [0.25, 0.3) is 5.82 Å². The molecule has 0 aliphatic heterocycles. The molecular weight excluding hydrogens is 172 g/mol. The van der Waals surface area contributed by atoms with Gasteiger partial charge >= 0.3 is 0 Å². The smallest absolute Gasteiger partial charge is 0.272 e. The molecule has 0 saturated carbocycles. The standard InChI is InChI=1S/C12H12N2/c13-12-8-4-5-9-14(12)10-11-6-2-1-3-7-11/h1-9,13H,10H2/p+1. The molecule has 2 N–H and O–H groups in total. The number of hydrogen-bond donors (Lipinski definition) is 1. The molecule has 2 heteroatoms. The summed E-state index contributed by atoms with van der Waals surface area (Å²) in [6, 6.07) is 16.1. The summed E-state index contributed by atoms with van der Waals surface area (Å²) in [6.45, 7) is 0.827. The zero-order valence-electron chi connectivity index (χ0n) is 7.93. The first kappa shape index (κ1) is 8.75. The summed E-state index contributed by atoms with van der Waals surface area (Å²) in [6.07, 6.45) is 1.99. The maximum Gasteiger partial charge on any atom is 0.272 e. The van der Waals surface area contributed by atoms with Gasteiger partial charge in [-0.1, -0.05) is 36.4 Å². The molecule has 1 heterocycles. The fraction of sp³-hybridized carbons (Fsp3) is 0.0833. The van der Waals surface area contributed by atoms with Crippen molar-refractivity contribution in [2.75, 3.05) is 5.73 Å². The Kier molecular flexibility index (Phi) is 2.45. The maximum atomic E-state index is 5.83. The zero-order valence-corrected chi connectivity index (χ0v) is 7.93. The summed E-state index contributed by atoms with van der Waals surface area (Å²) in [7, 11) is 0. The van der Waals surface area contributed by atoms with Crippen molar-refractivity contribution in [1.82, 2.24) is 0 Å². The first-order valence-electron chi connectivity index (χ1n) is 4.64. The highest BCUT2D eigenvalue weighted by atomic mass is 15.0. The van der Waals surface area contributed by atoms with Crippen molar-refractivity contribution in [2.24, 2.45) is 0 Å². The van der Waals surface area contributed by atoms with E-state index in [0.717, 1.165) is 12.4 Å². The number of nitrogens with two attached hydrogens (primary N) is 1. The number of benzene rings is 1. The zero-order chi connectivity index (χ0) is 9.80. The monoisotopic (exact) mass is 185 g/mol. The Morgan fingerprint density at radius 3 is 2.36 bits per heavy atom. The van der Waals surface area contributed by atoms with Crippen molar-refractivity contribution in [3.05, 3.63) is 60.3 Å². The van der Waals surface area contributed by atoms with E-state index in [4.69, 9.17) is 5.73 Å². The minimum Gasteiger partial charge on any atom is -0.287 e. The van der Waals surface area contributed by atoms with Gasteiger partial charge in [-0.05, 0) is 11.6 Å². The van der Waals surface area contributed by atoms with Gasteiger partial charge in [-0.15, -0.1) is 0 Å². The molecule has 0 aliphatic rings. The van der Waals surface area contributed by atoms with Crippen molar-refractivity contribution in [3.63, 3.8) is 0 Å². The second kappa shape index (κ2) is 3.92. The Morgan fingerprint density at radius 1 is 0.929 bits per heavy atom. The van der Waals surface area contributed by atoms with E-state index in [-0.39, 0.29) is 0 Å². The minimum atomic E-state index is 0.788. The number of nitrogen functional groups attached to an aromatic ring is 1. The van der Waals surface area contributed by atoms with Crippen LogP contribution in [0.15, 0.2) is 54.7 Å². The lowest BCUT2D eigenvalue weighted by molar-refractivity contribution is -0.674. The van der Waals surface area contributed by atoms with Gasteiger partial charge in [-0.2, -0.15) is 0 Å². The van der Waals surface area contributed by atoms with Crippen LogP contribution in [0.1, 0.15) is 5.56 Å². The topological polar surface area (TPSA) is 29.9 Å². The molecule has 2 aromatic rings. The second-order valence-electron chi connectivity index (χ2n) is 3.24. The van der Waals surface area contributed by atoms with Crippen molar-refractivity contribution < 1.29 is 4.57 Å². The van der Waals surface area contributed by atoms with Crippen LogP contribution in [0.2, 0.25) is 0 Å². The lowest BCUT2D eigenvalue weighted by Gasteiger charge is -2.02. The lowest BCUT2D eigenvalue weighted by Crippen LogP contribution is -2.36. The van der Waals surface area contributed by atoms with E-state index in [9.17, 15) is 0 Å². The van der Waals surface area contributed by atoms with Gasteiger partial charge < -0.3 is 0 Å². The average molecular weight is 185 g/mol. The third-order valence-electron chi connectivity index (χ3n) is 2.17. The first-order valence-corrected chi connectivity index (χ1v) is 4.64. The van der Waals surface area contributed by atoms with Crippen LogP contribution in [0, 0.1) is 0 Å². The van der Waals surface area contributed by atoms with Gasteiger partial charge in [0.15, 0.2) is 0 Å². The van der Waals surface area contributed by atoms with Gasteiger partial charge in [0.2, 0.25) is 0 Å². The van der Waals surface area contributed by atoms with E-state index >= 15 is 0 Å². The summed E-state index contributed by atoms with van der Waals surface area (Å²) in [4.78, 5) is 0. The van der Waals surface area contributed by atoms with Gasteiger partial charge in [0.1, 0.15) is 6.54 Å². The SMILES string of the molecule is Nc1cccc[n+]1Cc1ccccc1. The van der Waals surface area contributed by atoms with Crippen LogP contribution < -0.4 is 10.3 Å². The van der Waals surface area contributed by atoms with Crippen LogP contribution in [0.25, 0.3) is 0 Å². The largest absolute Gasteiger partial charge is 0.287 e. The Morgan fingerprint density at radius 2 is 1.64 bits per heavy atom. The molecule has 1 aromatic carbocycles. The molecular formula is C12H13N2+. The summed E-state index contributed by atoms with van der Waals surface area (Å²) >= 11 is 0. The Balaban J connectivity index is 2.24. The third-order valence-corrected chi connectivity index (χ3v) is 2.17. The highest BCUT2D eigenvalue weighted by Crippen LogP contribution is 1.99. The van der Waals surface area contributed by atoms with Crippen LogP contribution >= 0.6 is 0 Å². The number of pyridine rings is 1. The van der Waals surface area contributed by atoms with Crippen LogP contribution in [0.5, 0.6) is 0 Å². The molecule has 1 aromatic heterocycles. The molecule has 0 aliphatic carbocycles. The van der Waals surface area contributed by atoms with E-state index in [0.29, 0.717) is 0 Å². The number of rotatable bonds is 2. The lowest BCUT2D eigenvalue weighted by atomic mass is 10.2. The molecule has 0 amide bonds. The molecule has 14 heavy (non-hydrogen) atoms. The van der Waals surface area contributed by atoms with Gasteiger partial charge in [-0.25, -0.2) is 4.57 Å². The van der Waals surface area contributed by atoms with Crippen molar-refractivity contribution in [3.8, 4) is 0 Å². The fourth-order valence-electron chi connectivity index (χ4n) is 1.41. The number of nitrogens with zero attached hydrogens (tertiary/aromatic N) is 1. The molecule has 0 fully saturated rings. The third kappa shape index (κ3) is 1.91. The predicted octanol–water partition coefficient (Wildman–Crippen LogP) is 1.60. The highest BCUT2D eigenvalue weighted by molar-refractivity contribution is 5.20. The molecule has 0 radical (unpaired) electrons. The number of hydrogen-bond acceptors (Lipinski definition) is 1. The fourth-order valence-corrected chi connectivity index (χ4v) is 1.41. The summed E-state index contributed by atoms with van der Waals surface area (Å²) in [5.74, 6) is 0.788. The van der Waals surface area contributed by atoms with Gasteiger partial charge in [-0.3, -0.25) is 5.73 Å².